The molecule has 2 rings (SSSR count). The molecule has 0 aromatic carbocycles. The van der Waals surface area contributed by atoms with E-state index in [1.807, 2.05) is 19.9 Å². The van der Waals surface area contributed by atoms with Crippen LogP contribution in [-0.4, -0.2) is 46.1 Å². The third kappa shape index (κ3) is 2.74. The number of nitrogens with zero attached hydrogens (tertiary/aromatic N) is 2. The monoisotopic (exact) mass is 264 g/mol. The molecule has 1 N–H and O–H groups in total. The third-order valence-corrected chi connectivity index (χ3v) is 4.25. The zero-order valence-corrected chi connectivity index (χ0v) is 12.1. The van der Waals surface area contributed by atoms with Crippen LogP contribution in [-0.2, 0) is 6.54 Å². The number of carbonyl (C=O) groups excluding carboxylic acids is 1. The second-order valence-electron chi connectivity index (χ2n) is 5.40. The zero-order chi connectivity index (χ0) is 14.0. The molecular formula is C15H24N2O2. The van der Waals surface area contributed by atoms with Crippen LogP contribution in [0.3, 0.4) is 0 Å². The van der Waals surface area contributed by atoms with Gasteiger partial charge in [-0.2, -0.15) is 0 Å². The summed E-state index contributed by atoms with van der Waals surface area (Å²) in [4.78, 5) is 14.5. The van der Waals surface area contributed by atoms with Crippen LogP contribution in [0.5, 0.6) is 0 Å². The van der Waals surface area contributed by atoms with E-state index in [-0.39, 0.29) is 18.4 Å². The Morgan fingerprint density at radius 2 is 2.21 bits per heavy atom. The first-order valence-electron chi connectivity index (χ1n) is 7.13. The van der Waals surface area contributed by atoms with Crippen molar-refractivity contribution in [2.24, 2.45) is 0 Å². The highest BCUT2D eigenvalue weighted by Gasteiger charge is 2.26. The number of hydrogen-bond donors (Lipinski definition) is 1. The minimum Gasteiger partial charge on any atom is -0.395 e. The predicted octanol–water partition coefficient (Wildman–Crippen LogP) is 1.76. The molecule has 1 unspecified atom stereocenters. The number of hydrogen-bond acceptors (Lipinski definition) is 3. The molecule has 1 aromatic heterocycles. The number of aliphatic hydroxyl groups excluding tert-OH is 1. The molecule has 19 heavy (non-hydrogen) atoms. The second kappa shape index (κ2) is 5.88. The molecule has 4 heteroatoms. The van der Waals surface area contributed by atoms with Crippen LogP contribution in [0.4, 0.5) is 0 Å². The lowest BCUT2D eigenvalue weighted by Gasteiger charge is -2.21. The molecule has 0 bridgehead atoms. The molecule has 2 heterocycles. The number of Topliss-reactive ketones (excluding diaryl/α,β-unsaturated/α-hetero) is 1. The van der Waals surface area contributed by atoms with E-state index in [1.165, 1.54) is 0 Å². The third-order valence-electron chi connectivity index (χ3n) is 4.25. The maximum atomic E-state index is 12.4. The normalized spacial score (nSPS) is 20.1. The molecule has 1 atom stereocenters. The summed E-state index contributed by atoms with van der Waals surface area (Å²) in [6.07, 6.45) is 2.07. The van der Waals surface area contributed by atoms with Gasteiger partial charge in [0.2, 0.25) is 0 Å². The first-order valence-corrected chi connectivity index (χ1v) is 7.13. The van der Waals surface area contributed by atoms with Crippen LogP contribution in [0.1, 0.15) is 41.5 Å². The highest BCUT2D eigenvalue weighted by molar-refractivity contribution is 5.99. The van der Waals surface area contributed by atoms with Gasteiger partial charge in [-0.25, -0.2) is 0 Å². The Bertz CT molecular complexity index is 465. The van der Waals surface area contributed by atoms with Crippen molar-refractivity contribution in [1.82, 2.24) is 9.47 Å². The van der Waals surface area contributed by atoms with Gasteiger partial charge in [-0.05, 0) is 46.2 Å². The SMILES string of the molecule is CCn1c(C)cc(C(=O)CN2CCCC2CO)c1C. The summed E-state index contributed by atoms with van der Waals surface area (Å²) in [6, 6.07) is 2.16. The zero-order valence-electron chi connectivity index (χ0n) is 12.1. The van der Waals surface area contributed by atoms with Crippen molar-refractivity contribution < 1.29 is 9.90 Å². The molecule has 0 amide bonds. The Balaban J connectivity index is 2.12. The molecule has 1 fully saturated rings. The van der Waals surface area contributed by atoms with Gasteiger partial charge in [0, 0.05) is 29.5 Å². The van der Waals surface area contributed by atoms with Crippen molar-refractivity contribution in [3.05, 3.63) is 23.0 Å². The molecule has 1 aliphatic heterocycles. The van der Waals surface area contributed by atoms with E-state index in [0.717, 1.165) is 42.9 Å². The summed E-state index contributed by atoms with van der Waals surface area (Å²) in [6.45, 7) is 8.55. The van der Waals surface area contributed by atoms with Crippen molar-refractivity contribution >= 4 is 5.78 Å². The van der Waals surface area contributed by atoms with Gasteiger partial charge in [0.25, 0.3) is 0 Å². The minimum atomic E-state index is 0.154. The quantitative estimate of drug-likeness (QED) is 0.824. The molecule has 4 nitrogen and oxygen atoms in total. The molecule has 0 radical (unpaired) electrons. The predicted molar refractivity (Wildman–Crippen MR) is 75.6 cm³/mol. The molecular weight excluding hydrogens is 240 g/mol. The van der Waals surface area contributed by atoms with Crippen LogP contribution in [0.15, 0.2) is 6.07 Å². The van der Waals surface area contributed by atoms with Gasteiger partial charge in [-0.3, -0.25) is 9.69 Å². The Kier molecular flexibility index (Phi) is 4.42. The van der Waals surface area contributed by atoms with Gasteiger partial charge in [0.05, 0.1) is 13.2 Å². The molecule has 0 spiro atoms. The number of rotatable bonds is 5. The highest BCUT2D eigenvalue weighted by Crippen LogP contribution is 2.20. The van der Waals surface area contributed by atoms with Crippen molar-refractivity contribution in [2.45, 2.75) is 46.2 Å². The van der Waals surface area contributed by atoms with Gasteiger partial charge in [-0.1, -0.05) is 0 Å². The van der Waals surface area contributed by atoms with Gasteiger partial charge in [0.15, 0.2) is 5.78 Å². The van der Waals surface area contributed by atoms with Crippen LogP contribution in [0.2, 0.25) is 0 Å². The average molecular weight is 264 g/mol. The van der Waals surface area contributed by atoms with Crippen molar-refractivity contribution in [3.8, 4) is 0 Å². The maximum Gasteiger partial charge on any atom is 0.178 e. The number of aliphatic hydroxyl groups is 1. The Hall–Kier alpha value is -1.13. The van der Waals surface area contributed by atoms with E-state index in [1.54, 1.807) is 0 Å². The largest absolute Gasteiger partial charge is 0.395 e. The van der Waals surface area contributed by atoms with E-state index in [0.29, 0.717) is 6.54 Å². The van der Waals surface area contributed by atoms with Crippen molar-refractivity contribution in [2.75, 3.05) is 19.7 Å². The van der Waals surface area contributed by atoms with E-state index in [9.17, 15) is 9.90 Å². The summed E-state index contributed by atoms with van der Waals surface area (Å²) in [5.74, 6) is 0.174. The van der Waals surface area contributed by atoms with Crippen molar-refractivity contribution in [1.29, 1.82) is 0 Å². The molecule has 106 valence electrons. The number of likely N-dealkylation sites (tertiary alicyclic amines) is 1. The Morgan fingerprint density at radius 3 is 2.79 bits per heavy atom. The smallest absolute Gasteiger partial charge is 0.178 e. The second-order valence-corrected chi connectivity index (χ2v) is 5.40. The Labute approximate surface area is 115 Å². The summed E-state index contributed by atoms with van der Waals surface area (Å²) in [7, 11) is 0. The lowest BCUT2D eigenvalue weighted by Crippen LogP contribution is -2.36. The van der Waals surface area contributed by atoms with Gasteiger partial charge in [0.1, 0.15) is 0 Å². The first kappa shape index (κ1) is 14.3. The lowest BCUT2D eigenvalue weighted by molar-refractivity contribution is 0.0887. The van der Waals surface area contributed by atoms with Crippen molar-refractivity contribution in [3.63, 3.8) is 0 Å². The summed E-state index contributed by atoms with van der Waals surface area (Å²) < 4.78 is 2.17. The Morgan fingerprint density at radius 1 is 1.47 bits per heavy atom. The van der Waals surface area contributed by atoms with Crippen LogP contribution >= 0.6 is 0 Å². The van der Waals surface area contributed by atoms with Gasteiger partial charge in [-0.15, -0.1) is 0 Å². The van der Waals surface area contributed by atoms with E-state index in [2.05, 4.69) is 16.4 Å². The minimum absolute atomic E-state index is 0.154. The number of carbonyl (C=O) groups is 1. The summed E-state index contributed by atoms with van der Waals surface area (Å²) in [5.41, 5.74) is 3.04. The van der Waals surface area contributed by atoms with E-state index >= 15 is 0 Å². The van der Waals surface area contributed by atoms with Gasteiger partial charge < -0.3 is 9.67 Å². The molecule has 1 aromatic rings. The first-order chi connectivity index (χ1) is 9.08. The molecule has 0 aliphatic carbocycles. The fourth-order valence-corrected chi connectivity index (χ4v) is 3.15. The van der Waals surface area contributed by atoms with E-state index in [4.69, 9.17) is 0 Å². The summed E-state index contributed by atoms with van der Waals surface area (Å²) >= 11 is 0. The van der Waals surface area contributed by atoms with Gasteiger partial charge >= 0.3 is 0 Å². The lowest BCUT2D eigenvalue weighted by atomic mass is 10.1. The number of aromatic nitrogens is 1. The molecule has 0 saturated carbocycles. The fraction of sp³-hybridized carbons (Fsp3) is 0.667. The molecule has 1 aliphatic rings. The summed E-state index contributed by atoms with van der Waals surface area (Å²) in [5, 5.41) is 9.30. The highest BCUT2D eigenvalue weighted by atomic mass is 16.3. The van der Waals surface area contributed by atoms with Crippen LogP contribution in [0.25, 0.3) is 0 Å². The standard InChI is InChI=1S/C15H24N2O2/c1-4-17-11(2)8-14(12(17)3)15(19)9-16-7-5-6-13(16)10-18/h8,13,18H,4-7,9-10H2,1-3H3. The average Bonchev–Trinajstić information content (AvgIpc) is 2.94. The van der Waals surface area contributed by atoms with Crippen LogP contribution < -0.4 is 0 Å². The maximum absolute atomic E-state index is 12.4. The fourth-order valence-electron chi connectivity index (χ4n) is 3.15. The number of aryl methyl sites for hydroxylation is 1. The van der Waals surface area contributed by atoms with E-state index < -0.39 is 0 Å². The number of ketones is 1. The van der Waals surface area contributed by atoms with Crippen LogP contribution in [0, 0.1) is 13.8 Å². The molecule has 1 saturated heterocycles. The topological polar surface area (TPSA) is 45.5 Å².